The highest BCUT2D eigenvalue weighted by molar-refractivity contribution is 7.81. The van der Waals surface area contributed by atoms with Gasteiger partial charge < -0.3 is 29.0 Å². The summed E-state index contributed by atoms with van der Waals surface area (Å²) < 4.78 is 80.1. The maximum absolute atomic E-state index is 13.0. The fraction of sp³-hybridized carbons (Fsp3) is 0.304. The maximum Gasteiger partial charge on any atom is 0.488 e. The zero-order valence-corrected chi connectivity index (χ0v) is 22.5. The summed E-state index contributed by atoms with van der Waals surface area (Å²) in [6, 6.07) is 7.16. The molecule has 1 aliphatic rings. The summed E-state index contributed by atoms with van der Waals surface area (Å²) in [6.45, 7) is 4.36. The molecule has 4 rings (SSSR count). The van der Waals surface area contributed by atoms with Crippen molar-refractivity contribution in [3.05, 3.63) is 52.7 Å². The Hall–Kier alpha value is -2.92. The van der Waals surface area contributed by atoms with E-state index in [1.165, 1.54) is 31.7 Å². The van der Waals surface area contributed by atoms with Crippen molar-refractivity contribution in [3.63, 3.8) is 0 Å². The van der Waals surface area contributed by atoms with E-state index in [1.807, 2.05) is 7.05 Å². The summed E-state index contributed by atoms with van der Waals surface area (Å²) in [6.07, 6.45) is 2.04. The standard InChI is InChI=1S/C23H26ClFN5O5PS/c1-30-8-7-14-10-20(34-2)19(9-15(14)13-30)28-23-26-12-17(24)22(29-23)27-18-6-5-16(35-37(25,32)33)11-21(18)36(3,4)31/h5-6,9-12H,7-8,13H2,1-4H3,(H2,26,27,28,29)/i2D3. The van der Waals surface area contributed by atoms with Gasteiger partial charge >= 0.3 is 10.5 Å². The third kappa shape index (κ3) is 6.70. The molecule has 10 nitrogen and oxygen atoms in total. The van der Waals surface area contributed by atoms with Gasteiger partial charge in [-0.25, -0.2) is 4.98 Å². The number of nitrogens with one attached hydrogen (secondary N) is 2. The van der Waals surface area contributed by atoms with E-state index < -0.39 is 24.7 Å². The molecule has 0 saturated heterocycles. The van der Waals surface area contributed by atoms with E-state index in [1.54, 1.807) is 12.1 Å². The molecule has 0 spiro atoms. The number of likely N-dealkylation sites (N-methyl/N-ethyl adjacent to an activating group) is 1. The fourth-order valence-corrected chi connectivity index (χ4v) is 5.52. The number of hydrogen-bond acceptors (Lipinski definition) is 10. The number of anilines is 4. The van der Waals surface area contributed by atoms with Crippen molar-refractivity contribution in [2.45, 2.75) is 13.0 Å². The molecule has 0 saturated carbocycles. The normalized spacial score (nSPS) is 15.6. The Morgan fingerprint density at radius 3 is 2.68 bits per heavy atom. The second-order valence-corrected chi connectivity index (χ2v) is 13.4. The number of fused-ring (bicyclic) bond motifs is 1. The average molecular weight is 573 g/mol. The first-order valence-corrected chi connectivity index (χ1v) is 15.2. The minimum atomic E-state index is -5.29. The number of nitrogens with zero attached hydrogens (tertiary/aromatic N) is 3. The highest BCUT2D eigenvalue weighted by Crippen LogP contribution is 2.40. The summed E-state index contributed by atoms with van der Waals surface area (Å²) in [5, 5.41) is 6.20. The molecule has 1 aliphatic heterocycles. The number of aromatic nitrogens is 2. The molecule has 0 fully saturated rings. The van der Waals surface area contributed by atoms with Crippen molar-refractivity contribution in [2.24, 2.45) is 0 Å². The van der Waals surface area contributed by atoms with E-state index >= 15 is 0 Å². The van der Waals surface area contributed by atoms with Crippen LogP contribution in [0.2, 0.25) is 5.02 Å². The van der Waals surface area contributed by atoms with Crippen LogP contribution in [-0.4, -0.2) is 57.2 Å². The summed E-state index contributed by atoms with van der Waals surface area (Å²) in [5.74, 6) is -0.109. The predicted octanol–water partition coefficient (Wildman–Crippen LogP) is 4.45. The van der Waals surface area contributed by atoms with Crippen molar-refractivity contribution in [2.75, 3.05) is 44.6 Å². The highest BCUT2D eigenvalue weighted by Gasteiger charge is 2.22. The van der Waals surface area contributed by atoms with E-state index in [2.05, 4.69) is 29.7 Å². The number of ether oxygens (including phenoxy) is 1. The van der Waals surface area contributed by atoms with E-state index in [9.17, 15) is 16.9 Å². The van der Waals surface area contributed by atoms with Crippen LogP contribution in [0.4, 0.5) is 27.0 Å². The first-order chi connectivity index (χ1) is 18.5. The van der Waals surface area contributed by atoms with Gasteiger partial charge in [-0.2, -0.15) is 13.4 Å². The molecule has 2 heterocycles. The molecule has 2 N–H and O–H groups in total. The predicted molar refractivity (Wildman–Crippen MR) is 143 cm³/mol. The van der Waals surface area contributed by atoms with E-state index in [-0.39, 0.29) is 39.3 Å². The summed E-state index contributed by atoms with van der Waals surface area (Å²) >= 11 is 6.32. The molecule has 2 aromatic carbocycles. The van der Waals surface area contributed by atoms with Gasteiger partial charge in [0.05, 0.1) is 28.7 Å². The molecule has 14 heteroatoms. The molecule has 0 amide bonds. The lowest BCUT2D eigenvalue weighted by Crippen LogP contribution is -2.26. The zero-order valence-electron chi connectivity index (χ0n) is 23.1. The molecule has 3 aromatic rings. The van der Waals surface area contributed by atoms with Gasteiger partial charge in [-0.05, 0) is 68.3 Å². The van der Waals surface area contributed by atoms with Crippen molar-refractivity contribution in [3.8, 4) is 11.5 Å². The van der Waals surface area contributed by atoms with Crippen molar-refractivity contribution in [1.29, 1.82) is 0 Å². The fourth-order valence-electron chi connectivity index (χ4n) is 3.90. The number of benzene rings is 2. The Labute approximate surface area is 224 Å². The lowest BCUT2D eigenvalue weighted by Gasteiger charge is -2.26. The summed E-state index contributed by atoms with van der Waals surface area (Å²) in [4.78, 5) is 10.7. The molecular formula is C23H26ClFN5O5PS. The van der Waals surface area contributed by atoms with Crippen LogP contribution >= 0.6 is 18.7 Å². The molecular weight excluding hydrogens is 544 g/mol. The van der Waals surface area contributed by atoms with Gasteiger partial charge in [0, 0.05) is 18.4 Å². The van der Waals surface area contributed by atoms with Crippen LogP contribution < -0.4 is 24.9 Å². The Morgan fingerprint density at radius 2 is 1.97 bits per heavy atom. The Kier molecular flexibility index (Phi) is 6.56. The van der Waals surface area contributed by atoms with Gasteiger partial charge in [0.2, 0.25) is 5.95 Å². The van der Waals surface area contributed by atoms with Crippen LogP contribution in [0.25, 0.3) is 0 Å². The van der Waals surface area contributed by atoms with Crippen LogP contribution in [0, 0.1) is 0 Å². The Bertz CT molecular complexity index is 1610. The molecule has 0 aliphatic carbocycles. The topological polar surface area (TPSA) is 123 Å². The van der Waals surface area contributed by atoms with Crippen LogP contribution in [0.1, 0.15) is 15.2 Å². The van der Waals surface area contributed by atoms with Gasteiger partial charge in [-0.15, -0.1) is 0 Å². The van der Waals surface area contributed by atoms with Gasteiger partial charge in [0.15, 0.2) is 5.82 Å². The second kappa shape index (κ2) is 10.4. The zero-order chi connectivity index (χ0) is 29.5. The van der Waals surface area contributed by atoms with E-state index in [0.29, 0.717) is 12.2 Å². The second-order valence-electron chi connectivity index (χ2n) is 8.85. The third-order valence-corrected chi connectivity index (χ3v) is 7.80. The van der Waals surface area contributed by atoms with E-state index in [0.717, 1.165) is 30.2 Å². The average Bonchev–Trinajstić information content (AvgIpc) is 2.80. The van der Waals surface area contributed by atoms with Gasteiger partial charge in [-0.3, -0.25) is 0 Å². The number of rotatable bonds is 8. The number of halogens is 2. The van der Waals surface area contributed by atoms with Gasteiger partial charge in [-0.1, -0.05) is 15.5 Å². The van der Waals surface area contributed by atoms with Gasteiger partial charge in [0.25, 0.3) is 0 Å². The first kappa shape index (κ1) is 23.2. The number of methoxy groups -OCH3 is 1. The lowest BCUT2D eigenvalue weighted by molar-refractivity contribution is 0.312. The Morgan fingerprint density at radius 1 is 1.19 bits per heavy atom. The Balaban J connectivity index is 1.69. The molecule has 198 valence electrons. The monoisotopic (exact) mass is 572 g/mol. The highest BCUT2D eigenvalue weighted by atomic mass is 35.5. The third-order valence-electron chi connectivity index (χ3n) is 5.60. The molecule has 37 heavy (non-hydrogen) atoms. The smallest absolute Gasteiger partial charge is 0.488 e. The summed E-state index contributed by atoms with van der Waals surface area (Å²) in [7, 11) is -9.04. The molecule has 0 atom stereocenters. The van der Waals surface area contributed by atoms with Crippen molar-refractivity contribution >= 4 is 57.7 Å². The molecule has 0 bridgehead atoms. The quantitative estimate of drug-likeness (QED) is 0.295. The van der Waals surface area contributed by atoms with E-state index in [4.69, 9.17) is 20.5 Å². The van der Waals surface area contributed by atoms with Crippen molar-refractivity contribution in [1.82, 2.24) is 14.9 Å². The van der Waals surface area contributed by atoms with Gasteiger partial charge in [0.1, 0.15) is 23.7 Å². The maximum atomic E-state index is 13.0. The van der Waals surface area contributed by atoms with Crippen molar-refractivity contribution < 1.29 is 29.9 Å². The molecule has 0 unspecified atom stereocenters. The SMILES string of the molecule is [2H]C([2H])([2H])Oc1cc2c(cc1Nc1ncc(Cl)c(Nc3ccc(OS(=O)(=O)F)cc3P(C)(C)=O)n1)CN(C)CC2. The lowest BCUT2D eigenvalue weighted by atomic mass is 9.99. The molecule has 1 aromatic heterocycles. The van der Waals surface area contributed by atoms with Crippen LogP contribution in [-0.2, 0) is 28.0 Å². The van der Waals surface area contributed by atoms with Crippen LogP contribution in [0.3, 0.4) is 0 Å². The summed E-state index contributed by atoms with van der Waals surface area (Å²) in [5.41, 5.74) is 2.56. The largest absolute Gasteiger partial charge is 0.495 e. The van der Waals surface area contributed by atoms with Crippen LogP contribution in [0.15, 0.2) is 36.5 Å². The molecule has 0 radical (unpaired) electrons. The minimum absolute atomic E-state index is 0.0487. The van der Waals surface area contributed by atoms with Crippen LogP contribution in [0.5, 0.6) is 11.5 Å². The minimum Gasteiger partial charge on any atom is -0.495 e. The number of hydrogen-bond donors (Lipinski definition) is 2. The first-order valence-electron chi connectivity index (χ1n) is 12.4.